The fraction of sp³-hybridized carbons (Fsp3) is 0.263. The van der Waals surface area contributed by atoms with Crippen molar-refractivity contribution in [2.75, 3.05) is 21.7 Å². The number of carbonyl (C=O) groups is 1. The number of hydrogen-bond acceptors (Lipinski definition) is 4. The normalized spacial score (nSPS) is 17.4. The van der Waals surface area contributed by atoms with Crippen molar-refractivity contribution in [3.63, 3.8) is 0 Å². The first-order valence-corrected chi connectivity index (χ1v) is 9.98. The van der Waals surface area contributed by atoms with Gasteiger partial charge in [-0.15, -0.1) is 0 Å². The van der Waals surface area contributed by atoms with Gasteiger partial charge in [-0.25, -0.2) is 4.79 Å². The van der Waals surface area contributed by atoms with Crippen LogP contribution in [0.15, 0.2) is 48.5 Å². The van der Waals surface area contributed by atoms with E-state index in [0.717, 1.165) is 5.56 Å². The van der Waals surface area contributed by atoms with Crippen molar-refractivity contribution in [2.24, 2.45) is 0 Å². The lowest BCUT2D eigenvalue weighted by atomic mass is 10.0. The third-order valence-electron chi connectivity index (χ3n) is 4.62. The molecule has 142 valence electrons. The molecule has 7 nitrogen and oxygen atoms in total. The summed E-state index contributed by atoms with van der Waals surface area (Å²) in [4.78, 5) is 11.2. The van der Waals surface area contributed by atoms with Gasteiger partial charge in [-0.1, -0.05) is 25.1 Å². The summed E-state index contributed by atoms with van der Waals surface area (Å²) < 4.78 is 28.9. The lowest BCUT2D eigenvalue weighted by molar-refractivity contribution is 0.0697. The summed E-state index contributed by atoms with van der Waals surface area (Å²) in [5.74, 6) is -1.13. The van der Waals surface area contributed by atoms with E-state index in [-0.39, 0.29) is 11.5 Å². The van der Waals surface area contributed by atoms with E-state index in [1.807, 2.05) is 19.1 Å². The molecule has 1 heterocycles. The van der Waals surface area contributed by atoms with Crippen LogP contribution in [0, 0.1) is 5.41 Å². The number of carboxylic acids is 1. The van der Waals surface area contributed by atoms with Gasteiger partial charge in [0, 0.05) is 25.2 Å². The number of rotatable bonds is 5. The van der Waals surface area contributed by atoms with Crippen LogP contribution in [0.4, 0.5) is 11.4 Å². The Labute approximate surface area is 158 Å². The van der Waals surface area contributed by atoms with E-state index >= 15 is 0 Å². The molecule has 1 aliphatic rings. The van der Waals surface area contributed by atoms with Gasteiger partial charge in [-0.3, -0.25) is 8.61 Å². The van der Waals surface area contributed by atoms with Gasteiger partial charge >= 0.3 is 16.2 Å². The zero-order valence-corrected chi connectivity index (χ0v) is 15.7. The predicted molar refractivity (Wildman–Crippen MR) is 105 cm³/mol. The second kappa shape index (κ2) is 7.40. The Hall–Kier alpha value is -2.87. The SMILES string of the molecule is CC(C=N)c1ccc(N2CCCN(c3cccc(C(=O)O)c3)S2(=O)=O)cc1. The number of benzene rings is 2. The fourth-order valence-electron chi connectivity index (χ4n) is 3.07. The maximum atomic E-state index is 13.1. The fourth-order valence-corrected chi connectivity index (χ4v) is 4.79. The van der Waals surface area contributed by atoms with Gasteiger partial charge in [-0.2, -0.15) is 8.42 Å². The van der Waals surface area contributed by atoms with E-state index in [0.29, 0.717) is 30.9 Å². The molecule has 1 fully saturated rings. The Bertz CT molecular complexity index is 957. The van der Waals surface area contributed by atoms with Crippen molar-refractivity contribution in [3.05, 3.63) is 59.7 Å². The third kappa shape index (κ3) is 3.66. The number of anilines is 2. The lowest BCUT2D eigenvalue weighted by Crippen LogP contribution is -2.50. The second-order valence-corrected chi connectivity index (χ2v) is 8.19. The highest BCUT2D eigenvalue weighted by atomic mass is 32.2. The zero-order chi connectivity index (χ0) is 19.6. The van der Waals surface area contributed by atoms with Gasteiger partial charge < -0.3 is 10.5 Å². The summed E-state index contributed by atoms with van der Waals surface area (Å²) in [5.41, 5.74) is 1.88. The molecule has 2 N–H and O–H groups in total. The van der Waals surface area contributed by atoms with E-state index in [9.17, 15) is 13.2 Å². The van der Waals surface area contributed by atoms with Crippen molar-refractivity contribution in [1.82, 2.24) is 0 Å². The van der Waals surface area contributed by atoms with Crippen LogP contribution in [-0.4, -0.2) is 38.8 Å². The van der Waals surface area contributed by atoms with E-state index in [1.54, 1.807) is 24.3 Å². The molecule has 0 saturated carbocycles. The van der Waals surface area contributed by atoms with Crippen molar-refractivity contribution < 1.29 is 18.3 Å². The Morgan fingerprint density at radius 2 is 1.74 bits per heavy atom. The first-order valence-electron chi connectivity index (χ1n) is 8.59. The Balaban J connectivity index is 1.94. The first kappa shape index (κ1) is 18.9. The zero-order valence-electron chi connectivity index (χ0n) is 14.9. The largest absolute Gasteiger partial charge is 0.478 e. The summed E-state index contributed by atoms with van der Waals surface area (Å²) in [6.07, 6.45) is 1.96. The van der Waals surface area contributed by atoms with Crippen LogP contribution >= 0.6 is 0 Å². The maximum Gasteiger partial charge on any atom is 0.335 e. The molecule has 3 rings (SSSR count). The maximum absolute atomic E-state index is 13.1. The van der Waals surface area contributed by atoms with Crippen molar-refractivity contribution in [1.29, 1.82) is 5.41 Å². The molecular weight excluding hydrogens is 366 g/mol. The molecule has 0 spiro atoms. The molecule has 27 heavy (non-hydrogen) atoms. The molecule has 2 aromatic rings. The smallest absolute Gasteiger partial charge is 0.335 e. The number of hydrogen-bond donors (Lipinski definition) is 2. The van der Waals surface area contributed by atoms with Crippen LogP contribution in [-0.2, 0) is 10.2 Å². The van der Waals surface area contributed by atoms with Gasteiger partial charge in [0.25, 0.3) is 0 Å². The van der Waals surface area contributed by atoms with Gasteiger partial charge in [0.2, 0.25) is 0 Å². The molecule has 8 heteroatoms. The monoisotopic (exact) mass is 387 g/mol. The highest BCUT2D eigenvalue weighted by molar-refractivity contribution is 7.94. The molecule has 0 radical (unpaired) electrons. The van der Waals surface area contributed by atoms with Gasteiger partial charge in [-0.05, 0) is 42.3 Å². The van der Waals surface area contributed by atoms with Crippen molar-refractivity contribution in [3.8, 4) is 0 Å². The molecule has 0 amide bonds. The molecule has 1 aliphatic heterocycles. The minimum atomic E-state index is -3.82. The van der Waals surface area contributed by atoms with E-state index in [2.05, 4.69) is 0 Å². The summed E-state index contributed by atoms with van der Waals surface area (Å²) in [5, 5.41) is 16.5. The molecule has 2 aromatic carbocycles. The molecular formula is C19H21N3O4S. The molecule has 1 atom stereocenters. The van der Waals surface area contributed by atoms with Crippen LogP contribution < -0.4 is 8.61 Å². The van der Waals surface area contributed by atoms with Gasteiger partial charge in [0.15, 0.2) is 0 Å². The standard InChI is InChI=1S/C19H21N3O4S/c1-14(13-20)15-6-8-17(9-7-15)21-10-3-11-22(27(21,25)26)18-5-2-4-16(12-18)19(23)24/h2,4-9,12-14,20H,3,10-11H2,1H3,(H,23,24). The average molecular weight is 387 g/mol. The quantitative estimate of drug-likeness (QED) is 0.770. The minimum absolute atomic E-state index is 0.0349. The van der Waals surface area contributed by atoms with Crippen LogP contribution in [0.25, 0.3) is 0 Å². The highest BCUT2D eigenvalue weighted by Crippen LogP contribution is 2.30. The van der Waals surface area contributed by atoms with Crippen LogP contribution in [0.2, 0.25) is 0 Å². The Morgan fingerprint density at radius 1 is 1.11 bits per heavy atom. The summed E-state index contributed by atoms with van der Waals surface area (Å²) in [6, 6.07) is 13.1. The summed E-state index contributed by atoms with van der Waals surface area (Å²) >= 11 is 0. The minimum Gasteiger partial charge on any atom is -0.478 e. The average Bonchev–Trinajstić information content (AvgIpc) is 2.67. The summed E-state index contributed by atoms with van der Waals surface area (Å²) in [6.45, 7) is 2.55. The third-order valence-corrected chi connectivity index (χ3v) is 6.52. The summed E-state index contributed by atoms with van der Waals surface area (Å²) in [7, 11) is -3.82. The number of carboxylic acid groups (broad SMARTS) is 1. The van der Waals surface area contributed by atoms with Crippen LogP contribution in [0.1, 0.15) is 35.2 Å². The number of nitrogens with one attached hydrogen (secondary N) is 1. The molecule has 0 aliphatic carbocycles. The van der Waals surface area contributed by atoms with Crippen molar-refractivity contribution in [2.45, 2.75) is 19.3 Å². The second-order valence-electron chi connectivity index (χ2n) is 6.41. The van der Waals surface area contributed by atoms with Crippen LogP contribution in [0.3, 0.4) is 0 Å². The first-order chi connectivity index (χ1) is 12.8. The van der Waals surface area contributed by atoms with Gasteiger partial charge in [0.05, 0.1) is 16.9 Å². The lowest BCUT2D eigenvalue weighted by Gasteiger charge is -2.37. The Morgan fingerprint density at radius 3 is 2.33 bits per heavy atom. The topological polar surface area (TPSA) is 102 Å². The predicted octanol–water partition coefficient (Wildman–Crippen LogP) is 3.10. The molecule has 0 aromatic heterocycles. The van der Waals surface area contributed by atoms with E-state index < -0.39 is 16.2 Å². The van der Waals surface area contributed by atoms with Crippen molar-refractivity contribution >= 4 is 33.8 Å². The Kier molecular flexibility index (Phi) is 5.18. The highest BCUT2D eigenvalue weighted by Gasteiger charge is 2.34. The molecule has 1 unspecified atom stereocenters. The number of nitrogens with zero attached hydrogens (tertiary/aromatic N) is 2. The molecule has 1 saturated heterocycles. The molecule has 0 bridgehead atoms. The van der Waals surface area contributed by atoms with Crippen LogP contribution in [0.5, 0.6) is 0 Å². The van der Waals surface area contributed by atoms with E-state index in [4.69, 9.17) is 10.5 Å². The van der Waals surface area contributed by atoms with E-state index in [1.165, 1.54) is 27.0 Å². The number of aromatic carboxylic acids is 1. The van der Waals surface area contributed by atoms with Gasteiger partial charge in [0.1, 0.15) is 0 Å².